The minimum Gasteiger partial charge on any atom is -0.465 e. The number of ether oxygens (including phenoxy) is 1. The third-order valence-corrected chi connectivity index (χ3v) is 9.31. The second-order valence-corrected chi connectivity index (χ2v) is 11.3. The van der Waals surface area contributed by atoms with E-state index >= 15 is 0 Å². The Morgan fingerprint density at radius 2 is 1.81 bits per heavy atom. The summed E-state index contributed by atoms with van der Waals surface area (Å²) in [6.07, 6.45) is 5.85. The molecule has 0 spiro atoms. The molecule has 2 heterocycles. The van der Waals surface area contributed by atoms with Crippen LogP contribution in [0.5, 0.6) is 0 Å². The normalized spacial score (nSPS) is 19.2. The summed E-state index contributed by atoms with van der Waals surface area (Å²) in [5.41, 5.74) is 2.35. The average Bonchev–Trinajstić information content (AvgIpc) is 3.33. The first-order valence-electron chi connectivity index (χ1n) is 10.9. The van der Waals surface area contributed by atoms with E-state index in [1.54, 1.807) is 24.3 Å². The fraction of sp³-hybridized carbons (Fsp3) is 0.478. The van der Waals surface area contributed by atoms with E-state index in [9.17, 15) is 18.0 Å². The molecule has 1 unspecified atom stereocenters. The molecule has 1 atom stereocenters. The summed E-state index contributed by atoms with van der Waals surface area (Å²) in [5, 5.41) is 3.35. The molecular formula is C23H28N2O5S2. The van der Waals surface area contributed by atoms with E-state index in [1.807, 2.05) is 6.92 Å². The van der Waals surface area contributed by atoms with Crippen LogP contribution in [-0.2, 0) is 32.4 Å². The van der Waals surface area contributed by atoms with Crippen molar-refractivity contribution in [1.29, 1.82) is 0 Å². The lowest BCUT2D eigenvalue weighted by Crippen LogP contribution is -2.43. The average molecular weight is 477 g/mol. The fourth-order valence-corrected chi connectivity index (χ4v) is 7.42. The largest absolute Gasteiger partial charge is 0.465 e. The minimum atomic E-state index is -3.80. The Labute approximate surface area is 192 Å². The fourth-order valence-electron chi connectivity index (χ4n) is 4.48. The Morgan fingerprint density at radius 3 is 2.53 bits per heavy atom. The lowest BCUT2D eigenvalue weighted by Gasteiger charge is -2.23. The molecule has 2 aromatic rings. The first-order chi connectivity index (χ1) is 15.3. The molecule has 1 aliphatic heterocycles. The highest BCUT2D eigenvalue weighted by atomic mass is 32.2. The number of methoxy groups -OCH3 is 1. The number of amides is 1. The number of benzene rings is 1. The Kier molecular flexibility index (Phi) is 6.69. The van der Waals surface area contributed by atoms with Gasteiger partial charge in [-0.3, -0.25) is 4.79 Å². The standard InChI is InChI=1S/C23H28N2O5S2/c1-15-10-12-16(13-11-15)32(28,29)25-14-6-8-18(25)21(26)24-22-20(23(27)30-2)17-7-4-3-5-9-19(17)31-22/h10-13,18H,3-9,14H2,1-2H3,(H,24,26). The van der Waals surface area contributed by atoms with Gasteiger partial charge in [0.2, 0.25) is 15.9 Å². The zero-order chi connectivity index (χ0) is 22.9. The number of hydrogen-bond donors (Lipinski definition) is 1. The van der Waals surface area contributed by atoms with Crippen LogP contribution in [0, 0.1) is 6.92 Å². The van der Waals surface area contributed by atoms with Crippen molar-refractivity contribution in [2.45, 2.75) is 62.8 Å². The molecule has 1 N–H and O–H groups in total. The van der Waals surface area contributed by atoms with Gasteiger partial charge in [-0.2, -0.15) is 4.31 Å². The third kappa shape index (κ3) is 4.33. The van der Waals surface area contributed by atoms with Crippen LogP contribution in [0.2, 0.25) is 0 Å². The zero-order valence-corrected chi connectivity index (χ0v) is 20.0. The maximum absolute atomic E-state index is 13.2. The molecule has 2 aliphatic rings. The zero-order valence-electron chi connectivity index (χ0n) is 18.3. The number of thiophene rings is 1. The summed E-state index contributed by atoms with van der Waals surface area (Å²) in [5.74, 6) is -0.866. The maximum atomic E-state index is 13.2. The van der Waals surface area contributed by atoms with Crippen LogP contribution in [0.15, 0.2) is 29.2 Å². The van der Waals surface area contributed by atoms with Crippen LogP contribution < -0.4 is 5.32 Å². The number of fused-ring (bicyclic) bond motifs is 1. The molecule has 172 valence electrons. The Balaban J connectivity index is 1.61. The van der Waals surface area contributed by atoms with E-state index in [0.717, 1.165) is 48.1 Å². The van der Waals surface area contributed by atoms with Gasteiger partial charge in [0.05, 0.1) is 17.6 Å². The number of sulfonamides is 1. The van der Waals surface area contributed by atoms with Crippen molar-refractivity contribution < 1.29 is 22.7 Å². The van der Waals surface area contributed by atoms with Crippen molar-refractivity contribution in [3.8, 4) is 0 Å². The van der Waals surface area contributed by atoms with Crippen LogP contribution >= 0.6 is 11.3 Å². The summed E-state index contributed by atoms with van der Waals surface area (Å²) in [6, 6.07) is 5.83. The van der Waals surface area contributed by atoms with Crippen molar-refractivity contribution in [1.82, 2.24) is 4.31 Å². The number of carbonyl (C=O) groups excluding carboxylic acids is 2. The van der Waals surface area contributed by atoms with Crippen LogP contribution in [0.1, 0.15) is 58.5 Å². The molecule has 1 saturated heterocycles. The quantitative estimate of drug-likeness (QED) is 0.522. The van der Waals surface area contributed by atoms with Gasteiger partial charge in [0.25, 0.3) is 0 Å². The Hall–Kier alpha value is -2.23. The van der Waals surface area contributed by atoms with Gasteiger partial charge in [-0.05, 0) is 63.1 Å². The summed E-state index contributed by atoms with van der Waals surface area (Å²) in [7, 11) is -2.46. The van der Waals surface area contributed by atoms with Crippen LogP contribution in [0.25, 0.3) is 0 Å². The van der Waals surface area contributed by atoms with E-state index in [2.05, 4.69) is 5.32 Å². The monoisotopic (exact) mass is 476 g/mol. The molecule has 0 saturated carbocycles. The summed E-state index contributed by atoms with van der Waals surface area (Å²) < 4.78 is 32.7. The van der Waals surface area contributed by atoms with Crippen LogP contribution in [0.4, 0.5) is 5.00 Å². The smallest absolute Gasteiger partial charge is 0.341 e. The number of anilines is 1. The molecule has 0 bridgehead atoms. The van der Waals surface area contributed by atoms with Gasteiger partial charge in [-0.1, -0.05) is 24.1 Å². The number of nitrogens with one attached hydrogen (secondary N) is 1. The highest BCUT2D eigenvalue weighted by Gasteiger charge is 2.40. The highest BCUT2D eigenvalue weighted by Crippen LogP contribution is 2.38. The molecule has 1 amide bonds. The van der Waals surface area contributed by atoms with Gasteiger partial charge in [-0.15, -0.1) is 11.3 Å². The minimum absolute atomic E-state index is 0.181. The maximum Gasteiger partial charge on any atom is 0.341 e. The lowest BCUT2D eigenvalue weighted by molar-refractivity contribution is -0.119. The van der Waals surface area contributed by atoms with E-state index < -0.39 is 27.9 Å². The first kappa shape index (κ1) is 22.9. The van der Waals surface area contributed by atoms with Crippen molar-refractivity contribution >= 4 is 38.2 Å². The van der Waals surface area contributed by atoms with Crippen molar-refractivity contribution in [2.75, 3.05) is 19.0 Å². The molecule has 1 aliphatic carbocycles. The first-order valence-corrected chi connectivity index (χ1v) is 13.2. The number of nitrogens with zero attached hydrogens (tertiary/aromatic N) is 1. The summed E-state index contributed by atoms with van der Waals surface area (Å²) in [4.78, 5) is 27.1. The topological polar surface area (TPSA) is 92.8 Å². The number of hydrogen-bond acceptors (Lipinski definition) is 6. The molecule has 4 rings (SSSR count). The second-order valence-electron chi connectivity index (χ2n) is 8.34. The van der Waals surface area contributed by atoms with E-state index in [0.29, 0.717) is 30.0 Å². The van der Waals surface area contributed by atoms with Crippen molar-refractivity contribution in [2.24, 2.45) is 0 Å². The molecule has 7 nitrogen and oxygen atoms in total. The number of aryl methyl sites for hydroxylation is 2. The van der Waals surface area contributed by atoms with Gasteiger partial charge in [0.1, 0.15) is 11.0 Å². The molecule has 0 radical (unpaired) electrons. The van der Waals surface area contributed by atoms with Crippen LogP contribution in [0.3, 0.4) is 0 Å². The van der Waals surface area contributed by atoms with Gasteiger partial charge >= 0.3 is 5.97 Å². The van der Waals surface area contributed by atoms with Crippen molar-refractivity contribution in [3.63, 3.8) is 0 Å². The summed E-state index contributed by atoms with van der Waals surface area (Å²) in [6.45, 7) is 2.18. The number of esters is 1. The lowest BCUT2D eigenvalue weighted by atomic mass is 10.1. The molecule has 9 heteroatoms. The second kappa shape index (κ2) is 9.33. The predicted molar refractivity (Wildman–Crippen MR) is 124 cm³/mol. The molecular weight excluding hydrogens is 448 g/mol. The molecule has 1 aromatic carbocycles. The predicted octanol–water partition coefficient (Wildman–Crippen LogP) is 3.90. The SMILES string of the molecule is COC(=O)c1c(NC(=O)C2CCCN2S(=O)(=O)c2ccc(C)cc2)sc2c1CCCCC2. The van der Waals surface area contributed by atoms with Gasteiger partial charge in [0.15, 0.2) is 0 Å². The van der Waals surface area contributed by atoms with E-state index in [-0.39, 0.29) is 4.90 Å². The highest BCUT2D eigenvalue weighted by molar-refractivity contribution is 7.89. The van der Waals surface area contributed by atoms with E-state index in [1.165, 1.54) is 22.8 Å². The number of carbonyl (C=O) groups is 2. The molecule has 32 heavy (non-hydrogen) atoms. The summed E-state index contributed by atoms with van der Waals surface area (Å²) >= 11 is 1.41. The Bertz CT molecular complexity index is 1120. The Morgan fingerprint density at radius 1 is 1.09 bits per heavy atom. The van der Waals surface area contributed by atoms with Crippen LogP contribution in [-0.4, -0.2) is 44.3 Å². The molecule has 1 fully saturated rings. The number of rotatable bonds is 5. The van der Waals surface area contributed by atoms with Crippen molar-refractivity contribution in [3.05, 3.63) is 45.8 Å². The third-order valence-electron chi connectivity index (χ3n) is 6.18. The van der Waals surface area contributed by atoms with Gasteiger partial charge in [-0.25, -0.2) is 13.2 Å². The van der Waals surface area contributed by atoms with Gasteiger partial charge < -0.3 is 10.1 Å². The van der Waals surface area contributed by atoms with E-state index in [4.69, 9.17) is 4.74 Å². The molecule has 1 aromatic heterocycles. The van der Waals surface area contributed by atoms with Gasteiger partial charge in [0, 0.05) is 11.4 Å².